The second-order valence-electron chi connectivity index (χ2n) is 3.19. The van der Waals surface area contributed by atoms with Gasteiger partial charge in [0.1, 0.15) is 22.6 Å². The van der Waals surface area contributed by atoms with Crippen molar-refractivity contribution in [2.45, 2.75) is 6.92 Å². The van der Waals surface area contributed by atoms with Gasteiger partial charge in [-0.25, -0.2) is 0 Å². The third-order valence-electron chi connectivity index (χ3n) is 2.08. The van der Waals surface area contributed by atoms with Gasteiger partial charge in [0.05, 0.1) is 5.69 Å². The minimum absolute atomic E-state index is 0.000905. The Morgan fingerprint density at radius 2 is 2.22 bits per heavy atom. The maximum atomic E-state index is 11.8. The molecule has 2 aromatic heterocycles. The molecule has 0 radical (unpaired) electrons. The molecule has 9 heteroatoms. The molecule has 2 N–H and O–H groups in total. The van der Waals surface area contributed by atoms with E-state index < -0.39 is 5.91 Å². The van der Waals surface area contributed by atoms with Crippen LogP contribution in [0.2, 0.25) is 0 Å². The van der Waals surface area contributed by atoms with Crippen LogP contribution in [0.3, 0.4) is 0 Å². The molecule has 1 amide bonds. The van der Waals surface area contributed by atoms with E-state index >= 15 is 0 Å². The van der Waals surface area contributed by atoms with Gasteiger partial charge in [0.25, 0.3) is 5.91 Å². The molecular formula is C9H5N7OS. The highest BCUT2D eigenvalue weighted by molar-refractivity contribution is 7.08. The van der Waals surface area contributed by atoms with Crippen LogP contribution in [0.4, 0.5) is 5.82 Å². The van der Waals surface area contributed by atoms with Crippen LogP contribution in [0.5, 0.6) is 0 Å². The number of hydrogen-bond donors (Lipinski definition) is 2. The van der Waals surface area contributed by atoms with Gasteiger partial charge in [-0.15, -0.1) is 5.10 Å². The predicted octanol–water partition coefficient (Wildman–Crippen LogP) is 0.565. The van der Waals surface area contributed by atoms with Crippen LogP contribution in [0.25, 0.3) is 0 Å². The fraction of sp³-hybridized carbons (Fsp3) is 0.111. The highest BCUT2D eigenvalue weighted by Gasteiger charge is 2.18. The van der Waals surface area contributed by atoms with Crippen LogP contribution in [0.15, 0.2) is 0 Å². The van der Waals surface area contributed by atoms with Gasteiger partial charge in [0.2, 0.25) is 0 Å². The maximum absolute atomic E-state index is 11.8. The number of nitriles is 2. The van der Waals surface area contributed by atoms with Crippen LogP contribution in [0.1, 0.15) is 26.6 Å². The lowest BCUT2D eigenvalue weighted by atomic mass is 10.2. The van der Waals surface area contributed by atoms with Crippen molar-refractivity contribution in [2.24, 2.45) is 0 Å². The molecule has 2 heterocycles. The summed E-state index contributed by atoms with van der Waals surface area (Å²) >= 11 is 0.944. The lowest BCUT2D eigenvalue weighted by Gasteiger charge is -1.99. The maximum Gasteiger partial charge on any atom is 0.270 e. The van der Waals surface area contributed by atoms with Crippen molar-refractivity contribution in [1.29, 1.82) is 10.5 Å². The van der Waals surface area contributed by atoms with E-state index in [1.807, 2.05) is 0 Å². The summed E-state index contributed by atoms with van der Waals surface area (Å²) in [5.41, 5.74) is 0.500. The summed E-state index contributed by atoms with van der Waals surface area (Å²) in [5, 5.41) is 29.8. The van der Waals surface area contributed by atoms with E-state index in [4.69, 9.17) is 10.5 Å². The number of amides is 1. The topological polar surface area (TPSA) is 131 Å². The van der Waals surface area contributed by atoms with Gasteiger partial charge >= 0.3 is 0 Å². The van der Waals surface area contributed by atoms with Gasteiger partial charge in [-0.3, -0.25) is 9.89 Å². The number of carbonyl (C=O) groups excluding carboxylic acids is 1. The van der Waals surface area contributed by atoms with Gasteiger partial charge in [-0.05, 0) is 18.5 Å². The fourth-order valence-corrected chi connectivity index (χ4v) is 1.78. The van der Waals surface area contributed by atoms with E-state index in [2.05, 4.69) is 25.1 Å². The number of aryl methyl sites for hydroxylation is 1. The van der Waals surface area contributed by atoms with Crippen LogP contribution in [0, 0.1) is 29.6 Å². The van der Waals surface area contributed by atoms with Crippen LogP contribution in [-0.4, -0.2) is 25.7 Å². The summed E-state index contributed by atoms with van der Waals surface area (Å²) < 4.78 is 3.63. The van der Waals surface area contributed by atoms with E-state index in [1.165, 1.54) is 0 Å². The van der Waals surface area contributed by atoms with Crippen molar-refractivity contribution in [3.8, 4) is 12.1 Å². The summed E-state index contributed by atoms with van der Waals surface area (Å²) in [5.74, 6) is -0.443. The van der Waals surface area contributed by atoms with Crippen molar-refractivity contribution in [3.63, 3.8) is 0 Å². The quantitative estimate of drug-likeness (QED) is 0.810. The molecule has 0 unspecified atom stereocenters. The van der Waals surface area contributed by atoms with E-state index in [0.29, 0.717) is 10.6 Å². The molecule has 0 bridgehead atoms. The molecule has 0 aliphatic carbocycles. The highest BCUT2D eigenvalue weighted by atomic mass is 32.1. The molecule has 0 saturated carbocycles. The molecule has 0 spiro atoms. The number of H-pyrrole nitrogens is 1. The zero-order valence-corrected chi connectivity index (χ0v) is 9.87. The summed E-state index contributed by atoms with van der Waals surface area (Å²) in [6.07, 6.45) is 0. The summed E-state index contributed by atoms with van der Waals surface area (Å²) in [6.45, 7) is 1.65. The van der Waals surface area contributed by atoms with E-state index in [9.17, 15) is 4.79 Å². The van der Waals surface area contributed by atoms with Gasteiger partial charge in [0.15, 0.2) is 11.5 Å². The Labute approximate surface area is 105 Å². The molecule has 88 valence electrons. The summed E-state index contributed by atoms with van der Waals surface area (Å²) in [7, 11) is 0. The molecule has 0 aliphatic rings. The molecule has 0 saturated heterocycles. The van der Waals surface area contributed by atoms with E-state index in [1.54, 1.807) is 19.1 Å². The second-order valence-corrected chi connectivity index (χ2v) is 3.94. The molecular weight excluding hydrogens is 254 g/mol. The first-order valence-corrected chi connectivity index (χ1v) is 5.43. The van der Waals surface area contributed by atoms with Gasteiger partial charge in [0, 0.05) is 0 Å². The third-order valence-corrected chi connectivity index (χ3v) is 2.91. The zero-order chi connectivity index (χ0) is 13.1. The summed E-state index contributed by atoms with van der Waals surface area (Å²) in [6, 6.07) is 3.57. The SMILES string of the molecule is Cc1nnsc1C(=O)Nc1n[nH]c(C#N)c1C#N. The van der Waals surface area contributed by atoms with Crippen molar-refractivity contribution >= 4 is 23.3 Å². The van der Waals surface area contributed by atoms with E-state index in [0.717, 1.165) is 11.5 Å². The minimum atomic E-state index is -0.463. The monoisotopic (exact) mass is 259 g/mol. The van der Waals surface area contributed by atoms with E-state index in [-0.39, 0.29) is 17.1 Å². The Morgan fingerprint density at radius 3 is 2.78 bits per heavy atom. The smallest absolute Gasteiger partial charge is 0.270 e. The Hall–Kier alpha value is -2.78. The number of rotatable bonds is 2. The molecule has 0 fully saturated rings. The summed E-state index contributed by atoms with van der Waals surface area (Å²) in [4.78, 5) is 12.2. The lowest BCUT2D eigenvalue weighted by molar-refractivity contribution is 0.102. The zero-order valence-electron chi connectivity index (χ0n) is 9.05. The van der Waals surface area contributed by atoms with Gasteiger partial charge in [-0.2, -0.15) is 15.6 Å². The van der Waals surface area contributed by atoms with Crippen LogP contribution in [-0.2, 0) is 0 Å². The largest absolute Gasteiger partial charge is 0.303 e. The standard InChI is InChI=1S/C9H5N7OS/c1-4-7(18-16-13-4)9(17)12-8-5(2-10)6(3-11)14-15-8/h1H3,(H2,12,14,15,17). The Morgan fingerprint density at radius 1 is 1.44 bits per heavy atom. The third kappa shape index (κ3) is 1.90. The average Bonchev–Trinajstić information content (AvgIpc) is 2.94. The molecule has 0 aromatic carbocycles. The molecule has 18 heavy (non-hydrogen) atoms. The first kappa shape index (κ1) is 11.7. The molecule has 0 aliphatic heterocycles. The number of aromatic nitrogens is 4. The highest BCUT2D eigenvalue weighted by Crippen LogP contribution is 2.17. The Balaban J connectivity index is 2.29. The van der Waals surface area contributed by atoms with Gasteiger partial charge < -0.3 is 5.32 Å². The second kappa shape index (κ2) is 4.61. The lowest BCUT2D eigenvalue weighted by Crippen LogP contribution is -2.12. The minimum Gasteiger partial charge on any atom is -0.303 e. The Bertz CT molecular complexity index is 687. The number of hydrogen-bond acceptors (Lipinski definition) is 7. The Kier molecular flexibility index (Phi) is 3.00. The van der Waals surface area contributed by atoms with Crippen molar-refractivity contribution < 1.29 is 4.79 Å². The van der Waals surface area contributed by atoms with Crippen molar-refractivity contribution in [1.82, 2.24) is 19.8 Å². The van der Waals surface area contributed by atoms with Gasteiger partial charge in [-0.1, -0.05) is 4.49 Å². The predicted molar refractivity (Wildman–Crippen MR) is 60.6 cm³/mol. The van der Waals surface area contributed by atoms with Crippen molar-refractivity contribution in [2.75, 3.05) is 5.32 Å². The normalized spacial score (nSPS) is 9.50. The first-order valence-electron chi connectivity index (χ1n) is 4.66. The molecule has 2 rings (SSSR count). The number of anilines is 1. The van der Waals surface area contributed by atoms with Crippen molar-refractivity contribution in [3.05, 3.63) is 21.8 Å². The number of aromatic amines is 1. The van der Waals surface area contributed by atoms with Crippen LogP contribution < -0.4 is 5.32 Å². The molecule has 8 nitrogen and oxygen atoms in total. The number of carbonyl (C=O) groups is 1. The molecule has 0 atom stereocenters. The number of nitrogens with one attached hydrogen (secondary N) is 2. The van der Waals surface area contributed by atoms with Crippen LogP contribution >= 0.6 is 11.5 Å². The fourth-order valence-electron chi connectivity index (χ4n) is 1.23. The number of nitrogens with zero attached hydrogens (tertiary/aromatic N) is 5. The molecule has 2 aromatic rings. The first-order chi connectivity index (χ1) is 8.67. The average molecular weight is 259 g/mol.